The van der Waals surface area contributed by atoms with Gasteiger partial charge in [0.15, 0.2) is 0 Å². The predicted molar refractivity (Wildman–Crippen MR) is 119 cm³/mol. The molecule has 9 heteroatoms. The molecule has 0 spiro atoms. The van der Waals surface area contributed by atoms with Crippen LogP contribution in [0, 0.1) is 0 Å². The van der Waals surface area contributed by atoms with Gasteiger partial charge in [0.25, 0.3) is 0 Å². The summed E-state index contributed by atoms with van der Waals surface area (Å²) in [5, 5.41) is 20.0. The van der Waals surface area contributed by atoms with Crippen LogP contribution in [0.1, 0.15) is 18.0 Å². The van der Waals surface area contributed by atoms with Crippen LogP contribution in [0.5, 0.6) is 5.75 Å². The Kier molecular flexibility index (Phi) is 6.27. The molecule has 1 fully saturated rings. The number of hydrogen-bond acceptors (Lipinski definition) is 6. The maximum absolute atomic E-state index is 12.4. The fourth-order valence-corrected chi connectivity index (χ4v) is 4.29. The largest absolute Gasteiger partial charge is 0.497 e. The van der Waals surface area contributed by atoms with Crippen molar-refractivity contribution in [3.8, 4) is 5.75 Å². The van der Waals surface area contributed by atoms with E-state index >= 15 is 0 Å². The number of piperazine rings is 1. The molecule has 1 saturated heterocycles. The van der Waals surface area contributed by atoms with Gasteiger partial charge in [-0.1, -0.05) is 6.07 Å². The Morgan fingerprint density at radius 1 is 1.12 bits per heavy atom. The highest BCUT2D eigenvalue weighted by Crippen LogP contribution is 2.34. The van der Waals surface area contributed by atoms with Crippen LogP contribution in [0.2, 0.25) is 0 Å². The second-order valence-corrected chi connectivity index (χ2v) is 7.76. The molecule has 0 bridgehead atoms. The minimum atomic E-state index is -0.934. The SMILES string of the molecule is COc1ccc2c(c1)c(C(C(=O)O)N1CCN(c3ccccn3)CC1)cn2CCC(=O)O. The second kappa shape index (κ2) is 9.27. The van der Waals surface area contributed by atoms with Crippen molar-refractivity contribution >= 4 is 28.7 Å². The summed E-state index contributed by atoms with van der Waals surface area (Å²) in [6.07, 6.45) is 3.48. The van der Waals surface area contributed by atoms with E-state index in [1.54, 1.807) is 25.6 Å². The Morgan fingerprint density at radius 3 is 2.53 bits per heavy atom. The molecule has 0 radical (unpaired) electrons. The average molecular weight is 438 g/mol. The van der Waals surface area contributed by atoms with Crippen LogP contribution in [0.3, 0.4) is 0 Å². The highest BCUT2D eigenvalue weighted by atomic mass is 16.5. The lowest BCUT2D eigenvalue weighted by molar-refractivity contribution is -0.143. The molecule has 0 amide bonds. The molecule has 1 atom stereocenters. The van der Waals surface area contributed by atoms with Gasteiger partial charge in [-0.25, -0.2) is 4.98 Å². The van der Waals surface area contributed by atoms with Gasteiger partial charge >= 0.3 is 11.9 Å². The van der Waals surface area contributed by atoms with Crippen molar-refractivity contribution in [2.75, 3.05) is 38.2 Å². The number of rotatable bonds is 8. The fraction of sp³-hybridized carbons (Fsp3) is 0.348. The number of carbonyl (C=O) groups is 2. The number of carboxylic acid groups (broad SMARTS) is 2. The average Bonchev–Trinajstić information content (AvgIpc) is 3.16. The summed E-state index contributed by atoms with van der Waals surface area (Å²) in [5.41, 5.74) is 1.43. The minimum Gasteiger partial charge on any atom is -0.497 e. The minimum absolute atomic E-state index is 0.0459. The number of aryl methyl sites for hydroxylation is 1. The Morgan fingerprint density at radius 2 is 1.91 bits per heavy atom. The normalized spacial score (nSPS) is 15.6. The summed E-state index contributed by atoms with van der Waals surface area (Å²) in [6.45, 7) is 2.74. The molecule has 1 aliphatic rings. The third-order valence-electron chi connectivity index (χ3n) is 5.87. The first-order valence-corrected chi connectivity index (χ1v) is 10.5. The quantitative estimate of drug-likeness (QED) is 0.552. The standard InChI is InChI=1S/C23H26N4O5/c1-32-16-5-6-19-17(14-16)18(15-27(19)9-7-21(28)29)22(23(30)31)26-12-10-25(11-13-26)20-4-2-3-8-24-20/h2-6,8,14-15,22H,7,9-13H2,1H3,(H,28,29)(H,30,31). The smallest absolute Gasteiger partial charge is 0.325 e. The number of hydrogen-bond donors (Lipinski definition) is 2. The van der Waals surface area contributed by atoms with Crippen molar-refractivity contribution in [1.29, 1.82) is 0 Å². The van der Waals surface area contributed by atoms with E-state index < -0.39 is 18.0 Å². The topological polar surface area (TPSA) is 108 Å². The number of aliphatic carboxylic acids is 2. The van der Waals surface area contributed by atoms with Crippen LogP contribution in [-0.4, -0.2) is 69.9 Å². The van der Waals surface area contributed by atoms with Crippen molar-refractivity contribution in [2.24, 2.45) is 0 Å². The van der Waals surface area contributed by atoms with Crippen LogP contribution in [0.25, 0.3) is 10.9 Å². The van der Waals surface area contributed by atoms with E-state index in [4.69, 9.17) is 9.84 Å². The number of fused-ring (bicyclic) bond motifs is 1. The van der Waals surface area contributed by atoms with Gasteiger partial charge < -0.3 is 24.4 Å². The van der Waals surface area contributed by atoms with Crippen LogP contribution >= 0.6 is 0 Å². The third kappa shape index (κ3) is 4.38. The molecular formula is C23H26N4O5. The maximum Gasteiger partial charge on any atom is 0.325 e. The molecule has 2 aromatic heterocycles. The zero-order valence-corrected chi connectivity index (χ0v) is 17.8. The molecule has 3 heterocycles. The number of carboxylic acids is 2. The zero-order chi connectivity index (χ0) is 22.7. The monoisotopic (exact) mass is 438 g/mol. The van der Waals surface area contributed by atoms with Gasteiger partial charge in [-0.15, -0.1) is 0 Å². The number of methoxy groups -OCH3 is 1. The molecule has 1 aliphatic heterocycles. The summed E-state index contributed by atoms with van der Waals surface area (Å²) in [6, 6.07) is 10.4. The first-order valence-electron chi connectivity index (χ1n) is 10.5. The molecular weight excluding hydrogens is 412 g/mol. The molecule has 4 rings (SSSR count). The van der Waals surface area contributed by atoms with E-state index in [-0.39, 0.29) is 13.0 Å². The fourth-order valence-electron chi connectivity index (χ4n) is 4.29. The van der Waals surface area contributed by atoms with E-state index in [0.29, 0.717) is 37.5 Å². The molecule has 9 nitrogen and oxygen atoms in total. The number of ether oxygens (including phenoxy) is 1. The molecule has 3 aromatic rings. The van der Waals surface area contributed by atoms with Crippen molar-refractivity contribution in [1.82, 2.24) is 14.5 Å². The first kappa shape index (κ1) is 21.6. The molecule has 1 unspecified atom stereocenters. The second-order valence-electron chi connectivity index (χ2n) is 7.76. The lowest BCUT2D eigenvalue weighted by Crippen LogP contribution is -2.49. The van der Waals surface area contributed by atoms with Gasteiger partial charge in [0.05, 0.1) is 13.5 Å². The molecule has 2 N–H and O–H groups in total. The van der Waals surface area contributed by atoms with Gasteiger partial charge in [0.2, 0.25) is 0 Å². The van der Waals surface area contributed by atoms with Crippen LogP contribution in [0.4, 0.5) is 5.82 Å². The van der Waals surface area contributed by atoms with Gasteiger partial charge in [0, 0.05) is 61.6 Å². The van der Waals surface area contributed by atoms with Gasteiger partial charge in [-0.2, -0.15) is 0 Å². The number of nitrogens with zero attached hydrogens (tertiary/aromatic N) is 4. The van der Waals surface area contributed by atoms with Gasteiger partial charge in [-0.05, 0) is 30.3 Å². The Hall–Kier alpha value is -3.59. The summed E-state index contributed by atoms with van der Waals surface area (Å²) >= 11 is 0. The molecule has 0 saturated carbocycles. The van der Waals surface area contributed by atoms with Crippen molar-refractivity contribution in [2.45, 2.75) is 19.0 Å². The number of pyridine rings is 1. The molecule has 1 aromatic carbocycles. The maximum atomic E-state index is 12.4. The zero-order valence-electron chi connectivity index (χ0n) is 17.8. The van der Waals surface area contributed by atoms with E-state index in [0.717, 1.165) is 16.7 Å². The van der Waals surface area contributed by atoms with Crippen LogP contribution in [0.15, 0.2) is 48.8 Å². The van der Waals surface area contributed by atoms with E-state index in [1.165, 1.54) is 0 Å². The van der Waals surface area contributed by atoms with E-state index in [9.17, 15) is 14.7 Å². The van der Waals surface area contributed by atoms with Crippen LogP contribution < -0.4 is 9.64 Å². The van der Waals surface area contributed by atoms with E-state index in [2.05, 4.69) is 9.88 Å². The van der Waals surface area contributed by atoms with Crippen molar-refractivity contribution in [3.63, 3.8) is 0 Å². The van der Waals surface area contributed by atoms with E-state index in [1.807, 2.05) is 39.8 Å². The van der Waals surface area contributed by atoms with Gasteiger partial charge in [0.1, 0.15) is 17.6 Å². The number of aromatic nitrogens is 2. The summed E-state index contributed by atoms with van der Waals surface area (Å²) in [5.74, 6) is -0.327. The highest BCUT2D eigenvalue weighted by Gasteiger charge is 2.33. The lowest BCUT2D eigenvalue weighted by atomic mass is 10.0. The summed E-state index contributed by atoms with van der Waals surface area (Å²) in [7, 11) is 1.56. The first-order chi connectivity index (χ1) is 15.5. The summed E-state index contributed by atoms with van der Waals surface area (Å²) in [4.78, 5) is 32.0. The highest BCUT2D eigenvalue weighted by molar-refractivity contribution is 5.90. The number of benzene rings is 1. The molecule has 168 valence electrons. The van der Waals surface area contributed by atoms with Gasteiger partial charge in [-0.3, -0.25) is 14.5 Å². The Bertz CT molecular complexity index is 1110. The molecule has 0 aliphatic carbocycles. The summed E-state index contributed by atoms with van der Waals surface area (Å²) < 4.78 is 7.17. The van der Waals surface area contributed by atoms with Crippen molar-refractivity contribution < 1.29 is 24.5 Å². The molecule has 32 heavy (non-hydrogen) atoms. The van der Waals surface area contributed by atoms with Crippen LogP contribution in [-0.2, 0) is 16.1 Å². The third-order valence-corrected chi connectivity index (χ3v) is 5.87. The lowest BCUT2D eigenvalue weighted by Gasteiger charge is -2.38. The Labute approximate surface area is 185 Å². The number of anilines is 1. The van der Waals surface area contributed by atoms with Crippen molar-refractivity contribution in [3.05, 3.63) is 54.4 Å². The predicted octanol–water partition coefficient (Wildman–Crippen LogP) is 2.47. The Balaban J connectivity index is 1.65.